The van der Waals surface area contributed by atoms with Crippen molar-refractivity contribution in [2.24, 2.45) is 0 Å². The van der Waals surface area contributed by atoms with E-state index in [-0.39, 0.29) is 23.3 Å². The molecule has 0 radical (unpaired) electrons. The van der Waals surface area contributed by atoms with Crippen LogP contribution in [0.25, 0.3) is 0 Å². The lowest BCUT2D eigenvalue weighted by Crippen LogP contribution is -2.71. The van der Waals surface area contributed by atoms with E-state index >= 15 is 0 Å². The van der Waals surface area contributed by atoms with E-state index in [1.165, 1.54) is 10.4 Å². The maximum atomic E-state index is 9.74. The normalized spacial score (nSPS) is 23.5. The zero-order chi connectivity index (χ0) is 18.8. The number of aliphatic hydroxyl groups is 1. The molecular weight excluding hydrogens is 338 g/mol. The predicted molar refractivity (Wildman–Crippen MR) is 111 cm³/mol. The molecule has 3 rings (SSSR count). The van der Waals surface area contributed by atoms with Crippen LogP contribution in [-0.4, -0.2) is 38.7 Å². The number of hydrogen-bond acceptors (Lipinski definition) is 3. The van der Waals surface area contributed by atoms with Gasteiger partial charge in [-0.3, -0.25) is 0 Å². The van der Waals surface area contributed by atoms with E-state index in [0.29, 0.717) is 0 Å². The van der Waals surface area contributed by atoms with Crippen LogP contribution in [0.1, 0.15) is 33.6 Å². The van der Waals surface area contributed by atoms with Crippen molar-refractivity contribution in [2.75, 3.05) is 13.7 Å². The molecule has 0 unspecified atom stereocenters. The minimum Gasteiger partial charge on any atom is -0.404 e. The standard InChI is InChI=1S/C22H31NO2Si/c1-21(2,3)26(19-11-7-5-8-12-19,20-13-9-6-10-14-20)25-18-15-22(16-18,17-24)23-4/h5-14,18,23-24H,15-17H2,1-4H3. The number of benzene rings is 2. The van der Waals surface area contributed by atoms with E-state index in [1.54, 1.807) is 0 Å². The molecule has 0 heterocycles. The summed E-state index contributed by atoms with van der Waals surface area (Å²) in [5, 5.41) is 15.6. The molecule has 2 aromatic carbocycles. The van der Waals surface area contributed by atoms with E-state index in [1.807, 2.05) is 7.05 Å². The number of rotatable bonds is 6. The van der Waals surface area contributed by atoms with Crippen molar-refractivity contribution in [2.45, 2.75) is 50.3 Å². The van der Waals surface area contributed by atoms with Crippen molar-refractivity contribution >= 4 is 18.7 Å². The highest BCUT2D eigenvalue weighted by atomic mass is 28.4. The number of hydrogen-bond donors (Lipinski definition) is 2. The fraction of sp³-hybridized carbons (Fsp3) is 0.455. The lowest BCUT2D eigenvalue weighted by molar-refractivity contribution is -0.0143. The molecule has 2 N–H and O–H groups in total. The molecule has 0 amide bonds. The van der Waals surface area contributed by atoms with Crippen molar-refractivity contribution < 1.29 is 9.53 Å². The lowest BCUT2D eigenvalue weighted by Gasteiger charge is -2.52. The summed E-state index contributed by atoms with van der Waals surface area (Å²) in [5.41, 5.74) is -0.184. The Hall–Kier alpha value is -1.46. The third-order valence-electron chi connectivity index (χ3n) is 5.83. The second-order valence-electron chi connectivity index (χ2n) is 8.50. The average molecular weight is 370 g/mol. The Morgan fingerprint density at radius 1 is 1.00 bits per heavy atom. The molecule has 3 nitrogen and oxygen atoms in total. The second-order valence-corrected chi connectivity index (χ2v) is 12.8. The highest BCUT2D eigenvalue weighted by Crippen LogP contribution is 2.42. The van der Waals surface area contributed by atoms with Gasteiger partial charge in [0, 0.05) is 11.6 Å². The van der Waals surface area contributed by atoms with E-state index in [0.717, 1.165) is 12.8 Å². The highest BCUT2D eigenvalue weighted by molar-refractivity contribution is 6.99. The Morgan fingerprint density at radius 3 is 1.81 bits per heavy atom. The van der Waals surface area contributed by atoms with Gasteiger partial charge in [0.05, 0.1) is 6.61 Å². The van der Waals surface area contributed by atoms with Crippen LogP contribution in [0.5, 0.6) is 0 Å². The van der Waals surface area contributed by atoms with Gasteiger partial charge in [-0.25, -0.2) is 0 Å². The quantitative estimate of drug-likeness (QED) is 0.769. The Labute approximate surface area is 158 Å². The first-order valence-corrected chi connectivity index (χ1v) is 11.4. The Bertz CT molecular complexity index is 660. The van der Waals surface area contributed by atoms with Gasteiger partial charge in [0.2, 0.25) is 0 Å². The number of aliphatic hydroxyl groups excluding tert-OH is 1. The third-order valence-corrected chi connectivity index (χ3v) is 10.9. The molecule has 26 heavy (non-hydrogen) atoms. The Morgan fingerprint density at radius 2 is 1.46 bits per heavy atom. The molecule has 4 heteroatoms. The smallest absolute Gasteiger partial charge is 0.261 e. The molecular formula is C22H31NO2Si. The second kappa shape index (κ2) is 7.28. The fourth-order valence-corrected chi connectivity index (χ4v) is 8.93. The van der Waals surface area contributed by atoms with E-state index < -0.39 is 8.32 Å². The van der Waals surface area contributed by atoms with E-state index in [9.17, 15) is 5.11 Å². The molecule has 0 atom stereocenters. The van der Waals surface area contributed by atoms with Gasteiger partial charge in [-0.1, -0.05) is 81.4 Å². The molecule has 2 aromatic rings. The molecule has 1 aliphatic rings. The van der Waals surface area contributed by atoms with Gasteiger partial charge in [-0.2, -0.15) is 0 Å². The summed E-state index contributed by atoms with van der Waals surface area (Å²) in [4.78, 5) is 0. The lowest BCUT2D eigenvalue weighted by atomic mass is 9.75. The van der Waals surface area contributed by atoms with Crippen molar-refractivity contribution in [3.63, 3.8) is 0 Å². The minimum absolute atomic E-state index is 0.00713. The first-order chi connectivity index (χ1) is 12.4. The molecule has 0 saturated heterocycles. The zero-order valence-electron chi connectivity index (χ0n) is 16.3. The van der Waals surface area contributed by atoms with E-state index in [4.69, 9.17) is 4.43 Å². The maximum absolute atomic E-state index is 9.74. The zero-order valence-corrected chi connectivity index (χ0v) is 17.3. The molecule has 0 bridgehead atoms. The van der Waals surface area contributed by atoms with Crippen molar-refractivity contribution in [3.8, 4) is 0 Å². The predicted octanol–water partition coefficient (Wildman–Crippen LogP) is 2.68. The summed E-state index contributed by atoms with van der Waals surface area (Å²) in [6.07, 6.45) is 1.87. The van der Waals surface area contributed by atoms with Crippen LogP contribution in [-0.2, 0) is 4.43 Å². The number of nitrogens with one attached hydrogen (secondary N) is 1. The molecule has 0 spiro atoms. The summed E-state index contributed by atoms with van der Waals surface area (Å²) in [6.45, 7) is 7.06. The largest absolute Gasteiger partial charge is 0.404 e. The van der Waals surface area contributed by atoms with Crippen LogP contribution < -0.4 is 15.7 Å². The van der Waals surface area contributed by atoms with Crippen LogP contribution in [0, 0.1) is 0 Å². The molecule has 1 saturated carbocycles. The first-order valence-electron chi connectivity index (χ1n) is 9.45. The molecule has 1 fully saturated rings. The Kier molecular flexibility index (Phi) is 5.40. The van der Waals surface area contributed by atoms with Crippen LogP contribution >= 0.6 is 0 Å². The maximum Gasteiger partial charge on any atom is 0.261 e. The minimum atomic E-state index is -2.48. The molecule has 0 aliphatic heterocycles. The van der Waals surface area contributed by atoms with E-state index in [2.05, 4.69) is 86.8 Å². The summed E-state index contributed by atoms with van der Waals surface area (Å²) in [5.74, 6) is 0. The molecule has 140 valence electrons. The Balaban J connectivity index is 2.05. The van der Waals surface area contributed by atoms with Gasteiger partial charge in [-0.15, -0.1) is 0 Å². The molecule has 1 aliphatic carbocycles. The van der Waals surface area contributed by atoms with Gasteiger partial charge >= 0.3 is 0 Å². The van der Waals surface area contributed by atoms with Crippen molar-refractivity contribution in [1.82, 2.24) is 5.32 Å². The van der Waals surface area contributed by atoms with Crippen LogP contribution in [0.15, 0.2) is 60.7 Å². The van der Waals surface area contributed by atoms with Crippen molar-refractivity contribution in [1.29, 1.82) is 0 Å². The first kappa shape index (κ1) is 19.3. The third kappa shape index (κ3) is 3.27. The van der Waals surface area contributed by atoms with Crippen LogP contribution in [0.4, 0.5) is 0 Å². The van der Waals surface area contributed by atoms with Crippen LogP contribution in [0.3, 0.4) is 0 Å². The van der Waals surface area contributed by atoms with Gasteiger partial charge in [-0.05, 0) is 35.3 Å². The SMILES string of the molecule is CNC1(CO)CC(O[Si](c2ccccc2)(c2ccccc2)C(C)(C)C)C1. The monoisotopic (exact) mass is 369 g/mol. The van der Waals surface area contributed by atoms with Gasteiger partial charge < -0.3 is 14.8 Å². The van der Waals surface area contributed by atoms with Gasteiger partial charge in [0.1, 0.15) is 0 Å². The van der Waals surface area contributed by atoms with Crippen LogP contribution in [0.2, 0.25) is 5.04 Å². The summed E-state index contributed by atoms with van der Waals surface area (Å²) in [7, 11) is -0.554. The van der Waals surface area contributed by atoms with Gasteiger partial charge in [0.25, 0.3) is 8.32 Å². The summed E-state index contributed by atoms with van der Waals surface area (Å²) < 4.78 is 7.06. The summed E-state index contributed by atoms with van der Waals surface area (Å²) >= 11 is 0. The fourth-order valence-electron chi connectivity index (χ4n) is 4.25. The number of likely N-dealkylation sites (N-methyl/N-ethyl adjacent to an activating group) is 1. The molecule has 0 aromatic heterocycles. The highest BCUT2D eigenvalue weighted by Gasteiger charge is 2.54. The van der Waals surface area contributed by atoms with Crippen molar-refractivity contribution in [3.05, 3.63) is 60.7 Å². The van der Waals surface area contributed by atoms with Gasteiger partial charge in [0.15, 0.2) is 0 Å². The topological polar surface area (TPSA) is 41.5 Å². The average Bonchev–Trinajstić information content (AvgIpc) is 2.62. The summed E-state index contributed by atoms with van der Waals surface area (Å²) in [6, 6.07) is 21.5.